The lowest BCUT2D eigenvalue weighted by atomic mass is 10.1. The van der Waals surface area contributed by atoms with Crippen molar-refractivity contribution < 1.29 is 9.90 Å². The van der Waals surface area contributed by atoms with Crippen molar-refractivity contribution in [2.75, 3.05) is 20.1 Å². The number of carbonyl (C=O) groups is 1. The zero-order chi connectivity index (χ0) is 16.7. The van der Waals surface area contributed by atoms with Crippen molar-refractivity contribution >= 4 is 17.2 Å². The van der Waals surface area contributed by atoms with Crippen LogP contribution in [0.25, 0.3) is 0 Å². The maximum atomic E-state index is 12.7. The summed E-state index contributed by atoms with van der Waals surface area (Å²) < 4.78 is 0. The number of nitrogens with one attached hydrogen (secondary N) is 1. The summed E-state index contributed by atoms with van der Waals surface area (Å²) >= 11 is 1.51. The molecule has 0 spiro atoms. The van der Waals surface area contributed by atoms with Gasteiger partial charge in [0, 0.05) is 23.9 Å². The Hall–Kier alpha value is -1.69. The first-order valence-corrected chi connectivity index (χ1v) is 8.68. The highest BCUT2D eigenvalue weighted by Gasteiger charge is 2.23. The molecule has 0 saturated heterocycles. The maximum absolute atomic E-state index is 12.7. The zero-order valence-corrected chi connectivity index (χ0v) is 14.4. The van der Waals surface area contributed by atoms with E-state index in [9.17, 15) is 9.90 Å². The van der Waals surface area contributed by atoms with Gasteiger partial charge in [0.05, 0.1) is 6.54 Å². The van der Waals surface area contributed by atoms with Gasteiger partial charge in [0.1, 0.15) is 6.10 Å². The molecule has 1 aromatic carbocycles. The fraction of sp³-hybridized carbons (Fsp3) is 0.389. The molecule has 2 rings (SSSR count). The number of amides is 1. The van der Waals surface area contributed by atoms with Crippen molar-refractivity contribution in [3.63, 3.8) is 0 Å². The van der Waals surface area contributed by atoms with Crippen molar-refractivity contribution in [2.45, 2.75) is 19.6 Å². The van der Waals surface area contributed by atoms with Gasteiger partial charge in [-0.3, -0.25) is 4.79 Å². The molecule has 1 heterocycles. The monoisotopic (exact) mass is 332 g/mol. The van der Waals surface area contributed by atoms with Crippen LogP contribution in [-0.2, 0) is 11.3 Å². The van der Waals surface area contributed by atoms with E-state index in [1.54, 1.807) is 4.90 Å². The zero-order valence-electron chi connectivity index (χ0n) is 13.6. The molecule has 124 valence electrons. The van der Waals surface area contributed by atoms with E-state index in [0.717, 1.165) is 10.4 Å². The molecule has 5 heteroatoms. The van der Waals surface area contributed by atoms with Gasteiger partial charge in [-0.25, -0.2) is 0 Å². The van der Waals surface area contributed by atoms with E-state index in [1.165, 1.54) is 11.3 Å². The molecule has 23 heavy (non-hydrogen) atoms. The van der Waals surface area contributed by atoms with Gasteiger partial charge < -0.3 is 15.3 Å². The van der Waals surface area contributed by atoms with E-state index in [-0.39, 0.29) is 11.8 Å². The lowest BCUT2D eigenvalue weighted by Crippen LogP contribution is -2.40. The smallest absolute Gasteiger partial charge is 0.227 e. The Bertz CT molecular complexity index is 586. The third kappa shape index (κ3) is 5.16. The summed E-state index contributed by atoms with van der Waals surface area (Å²) in [6, 6.07) is 13.7. The molecule has 2 atom stereocenters. The first-order valence-electron chi connectivity index (χ1n) is 7.80. The van der Waals surface area contributed by atoms with Crippen LogP contribution in [0.2, 0.25) is 0 Å². The molecule has 1 amide bonds. The number of aliphatic hydroxyl groups excluding tert-OH is 1. The normalized spacial score (nSPS) is 13.5. The number of benzene rings is 1. The minimum Gasteiger partial charge on any atom is -0.386 e. The Balaban J connectivity index is 2.11. The Morgan fingerprint density at radius 3 is 2.61 bits per heavy atom. The first-order chi connectivity index (χ1) is 11.1. The van der Waals surface area contributed by atoms with Gasteiger partial charge in [-0.15, -0.1) is 11.3 Å². The number of carbonyl (C=O) groups excluding carboxylic acids is 1. The molecule has 2 N–H and O–H groups in total. The van der Waals surface area contributed by atoms with Crippen LogP contribution in [0.4, 0.5) is 0 Å². The molecule has 2 aromatic rings. The van der Waals surface area contributed by atoms with Gasteiger partial charge in [0.15, 0.2) is 0 Å². The summed E-state index contributed by atoms with van der Waals surface area (Å²) in [6.45, 7) is 3.35. The second-order valence-corrected chi connectivity index (χ2v) is 6.67. The lowest BCUT2D eigenvalue weighted by Gasteiger charge is -2.28. The largest absolute Gasteiger partial charge is 0.386 e. The molecule has 0 bridgehead atoms. The summed E-state index contributed by atoms with van der Waals surface area (Å²) in [5.74, 6) is -0.0712. The maximum Gasteiger partial charge on any atom is 0.227 e. The summed E-state index contributed by atoms with van der Waals surface area (Å²) in [5.41, 5.74) is 1.07. The van der Waals surface area contributed by atoms with E-state index in [2.05, 4.69) is 5.32 Å². The molecular formula is C18H24N2O2S. The average molecular weight is 332 g/mol. The highest BCUT2D eigenvalue weighted by atomic mass is 32.1. The molecule has 0 saturated carbocycles. The molecule has 2 unspecified atom stereocenters. The van der Waals surface area contributed by atoms with Gasteiger partial charge in [0.2, 0.25) is 5.91 Å². The van der Waals surface area contributed by atoms with Gasteiger partial charge in [-0.05, 0) is 24.1 Å². The summed E-state index contributed by atoms with van der Waals surface area (Å²) in [5, 5.41) is 15.4. The highest BCUT2D eigenvalue weighted by molar-refractivity contribution is 7.10. The van der Waals surface area contributed by atoms with Crippen LogP contribution < -0.4 is 5.32 Å². The number of rotatable bonds is 8. The molecule has 0 aliphatic heterocycles. The standard InChI is InChI=1S/C18H24N2O2S/c1-14(11-19-2)18(22)20(12-15-7-4-3-5-8-15)13-16(21)17-9-6-10-23-17/h3-10,14,16,19,21H,11-13H2,1-2H3. The quantitative estimate of drug-likeness (QED) is 0.781. The van der Waals surface area contributed by atoms with Crippen molar-refractivity contribution in [3.05, 3.63) is 58.3 Å². The van der Waals surface area contributed by atoms with Crippen LogP contribution in [0, 0.1) is 5.92 Å². The number of hydrogen-bond donors (Lipinski definition) is 2. The van der Waals surface area contributed by atoms with Crippen molar-refractivity contribution in [2.24, 2.45) is 5.92 Å². The van der Waals surface area contributed by atoms with E-state index >= 15 is 0 Å². The predicted molar refractivity (Wildman–Crippen MR) is 94.2 cm³/mol. The average Bonchev–Trinajstić information content (AvgIpc) is 3.09. The van der Waals surface area contributed by atoms with Crippen molar-refractivity contribution in [3.8, 4) is 0 Å². The predicted octanol–water partition coefficient (Wildman–Crippen LogP) is 2.67. The summed E-state index contributed by atoms with van der Waals surface area (Å²) in [4.78, 5) is 15.4. The van der Waals surface area contributed by atoms with Crippen LogP contribution in [0.1, 0.15) is 23.5 Å². The molecule has 0 aliphatic rings. The van der Waals surface area contributed by atoms with Gasteiger partial charge in [-0.2, -0.15) is 0 Å². The van der Waals surface area contributed by atoms with E-state index < -0.39 is 6.10 Å². The molecule has 1 aromatic heterocycles. The molecule has 0 radical (unpaired) electrons. The molecule has 4 nitrogen and oxygen atoms in total. The van der Waals surface area contributed by atoms with Crippen molar-refractivity contribution in [1.29, 1.82) is 0 Å². The minimum absolute atomic E-state index is 0.0545. The minimum atomic E-state index is -0.649. The highest BCUT2D eigenvalue weighted by Crippen LogP contribution is 2.21. The summed E-state index contributed by atoms with van der Waals surface area (Å²) in [7, 11) is 1.84. The Morgan fingerprint density at radius 1 is 1.26 bits per heavy atom. The fourth-order valence-corrected chi connectivity index (χ4v) is 3.22. The lowest BCUT2D eigenvalue weighted by molar-refractivity contribution is -0.137. The van der Waals surface area contributed by atoms with Crippen LogP contribution >= 0.6 is 11.3 Å². The van der Waals surface area contributed by atoms with Gasteiger partial charge in [-0.1, -0.05) is 43.3 Å². The second-order valence-electron chi connectivity index (χ2n) is 5.69. The molecular weight excluding hydrogens is 308 g/mol. The SMILES string of the molecule is CNCC(C)C(=O)N(Cc1ccccc1)CC(O)c1cccs1. The molecule has 0 fully saturated rings. The summed E-state index contributed by atoms with van der Waals surface area (Å²) in [6.07, 6.45) is -0.649. The Kier molecular flexibility index (Phi) is 6.77. The van der Waals surface area contributed by atoms with E-state index in [1.807, 2.05) is 61.8 Å². The first kappa shape index (κ1) is 17.7. The third-order valence-electron chi connectivity index (χ3n) is 3.72. The van der Waals surface area contributed by atoms with Gasteiger partial charge in [0.25, 0.3) is 0 Å². The molecule has 0 aliphatic carbocycles. The number of aliphatic hydroxyl groups is 1. The van der Waals surface area contributed by atoms with Crippen LogP contribution in [0.5, 0.6) is 0 Å². The van der Waals surface area contributed by atoms with Crippen LogP contribution in [0.15, 0.2) is 47.8 Å². The van der Waals surface area contributed by atoms with Crippen molar-refractivity contribution in [1.82, 2.24) is 10.2 Å². The van der Waals surface area contributed by atoms with E-state index in [4.69, 9.17) is 0 Å². The number of thiophene rings is 1. The van der Waals surface area contributed by atoms with Crippen LogP contribution in [-0.4, -0.2) is 36.1 Å². The second kappa shape index (κ2) is 8.82. The third-order valence-corrected chi connectivity index (χ3v) is 4.70. The topological polar surface area (TPSA) is 52.6 Å². The fourth-order valence-electron chi connectivity index (χ4n) is 2.52. The Morgan fingerprint density at radius 2 is 2.00 bits per heavy atom. The number of nitrogens with zero attached hydrogens (tertiary/aromatic N) is 1. The van der Waals surface area contributed by atoms with Gasteiger partial charge >= 0.3 is 0 Å². The number of hydrogen-bond acceptors (Lipinski definition) is 4. The van der Waals surface area contributed by atoms with Crippen LogP contribution in [0.3, 0.4) is 0 Å². The van der Waals surface area contributed by atoms with E-state index in [0.29, 0.717) is 19.6 Å². The Labute approximate surface area is 141 Å².